The Kier molecular flexibility index (Phi) is 6.75. The van der Waals surface area contributed by atoms with Gasteiger partial charge in [-0.25, -0.2) is 9.78 Å². The molecule has 0 aliphatic carbocycles. The van der Waals surface area contributed by atoms with Gasteiger partial charge in [-0.3, -0.25) is 9.78 Å². The lowest BCUT2D eigenvalue weighted by Gasteiger charge is -2.02. The van der Waals surface area contributed by atoms with Gasteiger partial charge in [0.05, 0.1) is 23.7 Å². The fourth-order valence-electron chi connectivity index (χ4n) is 2.10. The van der Waals surface area contributed by atoms with Gasteiger partial charge in [0.15, 0.2) is 5.01 Å². The molecule has 0 bridgehead atoms. The Morgan fingerprint density at radius 2 is 1.83 bits per heavy atom. The van der Waals surface area contributed by atoms with Crippen LogP contribution in [0.4, 0.5) is 18.9 Å². The molecule has 0 radical (unpaired) electrons. The maximum atomic E-state index is 12.3. The summed E-state index contributed by atoms with van der Waals surface area (Å²) in [6, 6.07) is 7.49. The quantitative estimate of drug-likeness (QED) is 0.650. The fraction of sp³-hybridized carbons (Fsp3) is 0.222. The predicted molar refractivity (Wildman–Crippen MR) is 102 cm³/mol. The second-order valence-corrected chi connectivity index (χ2v) is 6.73. The van der Waals surface area contributed by atoms with Crippen LogP contribution in [0.25, 0.3) is 10.2 Å². The number of hydrogen-bond donors (Lipinski definition) is 2. The van der Waals surface area contributed by atoms with Crippen LogP contribution in [0.3, 0.4) is 0 Å². The van der Waals surface area contributed by atoms with Gasteiger partial charge >= 0.3 is 12.1 Å². The van der Waals surface area contributed by atoms with E-state index >= 15 is 0 Å². The number of carboxylic acids is 1. The third kappa shape index (κ3) is 5.64. The number of carbonyl (C=O) groups excluding carboxylic acids is 1. The van der Waals surface area contributed by atoms with Crippen molar-refractivity contribution in [1.82, 2.24) is 9.97 Å². The number of ether oxygens (including phenoxy) is 1. The zero-order chi connectivity index (χ0) is 21.8. The van der Waals surface area contributed by atoms with Crippen molar-refractivity contribution in [2.24, 2.45) is 0 Å². The lowest BCUT2D eigenvalue weighted by Crippen LogP contribution is -2.21. The van der Waals surface area contributed by atoms with E-state index in [1.54, 1.807) is 13.3 Å². The van der Waals surface area contributed by atoms with E-state index in [0.717, 1.165) is 21.5 Å². The van der Waals surface area contributed by atoms with Crippen molar-refractivity contribution >= 4 is 39.1 Å². The van der Waals surface area contributed by atoms with Gasteiger partial charge in [0, 0.05) is 5.69 Å². The third-order valence-corrected chi connectivity index (χ3v) is 4.72. The van der Waals surface area contributed by atoms with E-state index in [1.165, 1.54) is 11.3 Å². The van der Waals surface area contributed by atoms with Gasteiger partial charge in [0.1, 0.15) is 11.3 Å². The molecule has 3 aromatic rings. The molecule has 2 heterocycles. The molecule has 154 valence electrons. The Morgan fingerprint density at radius 3 is 2.34 bits per heavy atom. The number of carboxylic acid groups (broad SMARTS) is 1. The molecule has 0 saturated carbocycles. The Morgan fingerprint density at radius 1 is 1.17 bits per heavy atom. The second-order valence-electron chi connectivity index (χ2n) is 5.73. The summed E-state index contributed by atoms with van der Waals surface area (Å²) in [6.07, 6.45) is -3.45. The largest absolute Gasteiger partial charge is 0.494 e. The van der Waals surface area contributed by atoms with Crippen LogP contribution >= 0.6 is 11.3 Å². The minimum atomic E-state index is -5.08. The molecule has 29 heavy (non-hydrogen) atoms. The lowest BCUT2D eigenvalue weighted by atomic mass is 10.2. The highest BCUT2D eigenvalue weighted by molar-refractivity contribution is 7.20. The number of thiazole rings is 1. The van der Waals surface area contributed by atoms with E-state index in [0.29, 0.717) is 16.4 Å². The van der Waals surface area contributed by atoms with Crippen LogP contribution in [-0.4, -0.2) is 40.2 Å². The number of alkyl halides is 3. The van der Waals surface area contributed by atoms with Gasteiger partial charge in [-0.1, -0.05) is 6.07 Å². The maximum absolute atomic E-state index is 12.3. The first-order valence-corrected chi connectivity index (χ1v) is 8.82. The van der Waals surface area contributed by atoms with Gasteiger partial charge < -0.3 is 15.2 Å². The summed E-state index contributed by atoms with van der Waals surface area (Å²) in [5.74, 6) is -2.33. The number of aliphatic carboxylic acids is 1. The number of pyridine rings is 1. The van der Waals surface area contributed by atoms with Crippen LogP contribution in [0, 0.1) is 13.8 Å². The smallest absolute Gasteiger partial charge is 0.490 e. The van der Waals surface area contributed by atoms with Crippen LogP contribution in [0.15, 0.2) is 30.5 Å². The molecular formula is C18H16F3N3O4S. The zero-order valence-electron chi connectivity index (χ0n) is 15.5. The van der Waals surface area contributed by atoms with Crippen LogP contribution in [0.5, 0.6) is 5.75 Å². The van der Waals surface area contributed by atoms with Crippen molar-refractivity contribution in [2.45, 2.75) is 20.0 Å². The number of anilines is 1. The summed E-state index contributed by atoms with van der Waals surface area (Å²) in [5.41, 5.74) is 3.35. The molecule has 7 nitrogen and oxygen atoms in total. The van der Waals surface area contributed by atoms with E-state index < -0.39 is 12.1 Å². The van der Waals surface area contributed by atoms with Crippen molar-refractivity contribution < 1.29 is 32.6 Å². The van der Waals surface area contributed by atoms with Crippen molar-refractivity contribution in [3.8, 4) is 5.75 Å². The first-order chi connectivity index (χ1) is 13.5. The molecule has 2 aromatic heterocycles. The van der Waals surface area contributed by atoms with E-state index in [-0.39, 0.29) is 5.91 Å². The van der Waals surface area contributed by atoms with Crippen LogP contribution in [-0.2, 0) is 4.79 Å². The van der Waals surface area contributed by atoms with Crippen molar-refractivity contribution in [3.63, 3.8) is 0 Å². The first kappa shape index (κ1) is 22.1. The molecular weight excluding hydrogens is 411 g/mol. The SMILES string of the molecule is COc1ccc(C)c2sc(C(=O)Nc3ccc(C)nc3)nc12.O=C(O)C(F)(F)F. The number of halogens is 3. The van der Waals surface area contributed by atoms with Crippen molar-refractivity contribution in [3.05, 3.63) is 46.7 Å². The van der Waals surface area contributed by atoms with Gasteiger partial charge in [0.2, 0.25) is 0 Å². The molecule has 0 unspecified atom stereocenters. The van der Waals surface area contributed by atoms with E-state index in [1.807, 2.05) is 38.1 Å². The van der Waals surface area contributed by atoms with E-state index in [9.17, 15) is 18.0 Å². The number of carbonyl (C=O) groups is 2. The molecule has 2 N–H and O–H groups in total. The number of benzene rings is 1. The van der Waals surface area contributed by atoms with Gasteiger partial charge in [-0.05, 0) is 37.6 Å². The molecule has 11 heteroatoms. The number of nitrogens with one attached hydrogen (secondary N) is 1. The number of nitrogens with zero attached hydrogens (tertiary/aromatic N) is 2. The monoisotopic (exact) mass is 427 g/mol. The molecule has 0 atom stereocenters. The molecule has 1 amide bonds. The maximum Gasteiger partial charge on any atom is 0.490 e. The summed E-state index contributed by atoms with van der Waals surface area (Å²) in [7, 11) is 1.60. The summed E-state index contributed by atoms with van der Waals surface area (Å²) >= 11 is 1.36. The summed E-state index contributed by atoms with van der Waals surface area (Å²) in [5, 5.41) is 10.3. The fourth-order valence-corrected chi connectivity index (χ4v) is 3.04. The average molecular weight is 427 g/mol. The number of aryl methyl sites for hydroxylation is 2. The highest BCUT2D eigenvalue weighted by Gasteiger charge is 2.38. The Bertz CT molecular complexity index is 1030. The minimum absolute atomic E-state index is 0.242. The van der Waals surface area contributed by atoms with Gasteiger partial charge in [-0.15, -0.1) is 11.3 Å². The topological polar surface area (TPSA) is 101 Å². The van der Waals surface area contributed by atoms with Gasteiger partial charge in [-0.2, -0.15) is 13.2 Å². The van der Waals surface area contributed by atoms with E-state index in [2.05, 4.69) is 15.3 Å². The molecule has 3 rings (SSSR count). The summed E-state index contributed by atoms with van der Waals surface area (Å²) in [6.45, 7) is 3.89. The lowest BCUT2D eigenvalue weighted by molar-refractivity contribution is -0.192. The number of methoxy groups -OCH3 is 1. The molecule has 0 saturated heterocycles. The third-order valence-electron chi connectivity index (χ3n) is 3.53. The zero-order valence-corrected chi connectivity index (χ0v) is 16.3. The Balaban J connectivity index is 0.000000370. The molecule has 0 fully saturated rings. The highest BCUT2D eigenvalue weighted by atomic mass is 32.1. The molecule has 0 spiro atoms. The van der Waals surface area contributed by atoms with Crippen LogP contribution in [0.2, 0.25) is 0 Å². The van der Waals surface area contributed by atoms with Gasteiger partial charge in [0.25, 0.3) is 5.91 Å². The van der Waals surface area contributed by atoms with Crippen molar-refractivity contribution in [2.75, 3.05) is 12.4 Å². The standard InChI is InChI=1S/C16H15N3O2S.C2HF3O2/c1-9-4-7-12(21-3)13-14(9)22-16(19-13)15(20)18-11-6-5-10(2)17-8-11;3-2(4,5)1(6)7/h4-8H,1-3H3,(H,18,20);(H,6,7). The number of amides is 1. The Labute approximate surface area is 167 Å². The van der Waals surface area contributed by atoms with Crippen LogP contribution < -0.4 is 10.1 Å². The minimum Gasteiger partial charge on any atom is -0.494 e. The molecule has 0 aliphatic heterocycles. The number of fused-ring (bicyclic) bond motifs is 1. The normalized spacial score (nSPS) is 10.8. The van der Waals surface area contributed by atoms with E-state index in [4.69, 9.17) is 14.6 Å². The summed E-state index contributed by atoms with van der Waals surface area (Å²) in [4.78, 5) is 29.8. The second kappa shape index (κ2) is 8.86. The molecule has 0 aliphatic rings. The molecule has 1 aromatic carbocycles. The average Bonchev–Trinajstić information content (AvgIpc) is 3.10. The number of aromatic nitrogens is 2. The Hall–Kier alpha value is -3.21. The predicted octanol–water partition coefficient (Wildman–Crippen LogP) is 4.20. The highest BCUT2D eigenvalue weighted by Crippen LogP contribution is 2.32. The van der Waals surface area contributed by atoms with Crippen molar-refractivity contribution in [1.29, 1.82) is 0 Å². The number of hydrogen-bond acceptors (Lipinski definition) is 6. The number of rotatable bonds is 3. The first-order valence-electron chi connectivity index (χ1n) is 8.01. The summed E-state index contributed by atoms with van der Waals surface area (Å²) < 4.78 is 38.0. The van der Waals surface area contributed by atoms with Crippen LogP contribution in [0.1, 0.15) is 21.1 Å².